The van der Waals surface area contributed by atoms with E-state index in [9.17, 15) is 0 Å². The second-order valence-electron chi connectivity index (χ2n) is 11.2. The van der Waals surface area contributed by atoms with Crippen molar-refractivity contribution >= 4 is 43.6 Å². The Kier molecular flexibility index (Phi) is 5.50. The van der Waals surface area contributed by atoms with Gasteiger partial charge in [-0.25, -0.2) is 0 Å². The zero-order valence-corrected chi connectivity index (χ0v) is 23.9. The number of fused-ring (bicyclic) bond motifs is 6. The van der Waals surface area contributed by atoms with Crippen molar-refractivity contribution in [1.29, 1.82) is 0 Å². The number of pyridine rings is 1. The van der Waals surface area contributed by atoms with Crippen LogP contribution in [0.2, 0.25) is 0 Å². The van der Waals surface area contributed by atoms with Gasteiger partial charge < -0.3 is 9.13 Å². The summed E-state index contributed by atoms with van der Waals surface area (Å²) >= 11 is 0. The van der Waals surface area contributed by atoms with Gasteiger partial charge in [0.15, 0.2) is 0 Å². The van der Waals surface area contributed by atoms with E-state index in [4.69, 9.17) is 0 Å². The lowest BCUT2D eigenvalue weighted by Gasteiger charge is -2.11. The molecular weight excluding hydrogens is 534 g/mol. The Morgan fingerprint density at radius 2 is 0.886 bits per heavy atom. The van der Waals surface area contributed by atoms with Crippen molar-refractivity contribution in [1.82, 2.24) is 14.1 Å². The molecule has 0 radical (unpaired) electrons. The zero-order valence-electron chi connectivity index (χ0n) is 23.9. The highest BCUT2D eigenvalue weighted by Gasteiger charge is 2.20. The quantitative estimate of drug-likeness (QED) is 0.210. The molecule has 6 aromatic carbocycles. The highest BCUT2D eigenvalue weighted by Crippen LogP contribution is 2.43. The number of aromatic nitrogens is 3. The van der Waals surface area contributed by atoms with Crippen LogP contribution in [0, 0.1) is 0 Å². The van der Waals surface area contributed by atoms with Crippen LogP contribution in [0.4, 0.5) is 0 Å². The van der Waals surface area contributed by atoms with Gasteiger partial charge >= 0.3 is 0 Å². The van der Waals surface area contributed by atoms with Crippen LogP contribution in [-0.4, -0.2) is 14.1 Å². The first-order valence-corrected chi connectivity index (χ1v) is 15.0. The zero-order chi connectivity index (χ0) is 29.0. The van der Waals surface area contributed by atoms with Crippen LogP contribution in [0.5, 0.6) is 0 Å². The molecule has 206 valence electrons. The first-order chi connectivity index (χ1) is 21.9. The third-order valence-electron chi connectivity index (χ3n) is 8.83. The Balaban J connectivity index is 1.32. The average molecular weight is 562 g/mol. The third kappa shape index (κ3) is 3.66. The monoisotopic (exact) mass is 561 g/mol. The second-order valence-corrected chi connectivity index (χ2v) is 11.2. The molecule has 0 saturated heterocycles. The molecule has 0 N–H and O–H groups in total. The van der Waals surface area contributed by atoms with Crippen LogP contribution in [-0.2, 0) is 0 Å². The molecule has 3 heterocycles. The van der Waals surface area contributed by atoms with Crippen LogP contribution in [0.25, 0.3) is 77.2 Å². The summed E-state index contributed by atoms with van der Waals surface area (Å²) < 4.78 is 4.76. The highest BCUT2D eigenvalue weighted by atomic mass is 15.0. The molecular formula is C41H27N3. The maximum Gasteiger partial charge on any atom is 0.0572 e. The fourth-order valence-electron chi connectivity index (χ4n) is 6.95. The molecule has 9 aromatic rings. The van der Waals surface area contributed by atoms with Gasteiger partial charge in [-0.2, -0.15) is 0 Å². The molecule has 9 rings (SSSR count). The first-order valence-electron chi connectivity index (χ1n) is 15.0. The molecule has 0 spiro atoms. The van der Waals surface area contributed by atoms with Gasteiger partial charge in [0.25, 0.3) is 0 Å². The van der Waals surface area contributed by atoms with Gasteiger partial charge in [-0.3, -0.25) is 4.98 Å². The number of hydrogen-bond donors (Lipinski definition) is 0. The first kappa shape index (κ1) is 24.6. The van der Waals surface area contributed by atoms with E-state index in [1.165, 1.54) is 55.0 Å². The summed E-state index contributed by atoms with van der Waals surface area (Å²) in [6.07, 6.45) is 3.90. The molecule has 0 aliphatic heterocycles. The van der Waals surface area contributed by atoms with Gasteiger partial charge in [0.05, 0.1) is 22.1 Å². The van der Waals surface area contributed by atoms with E-state index in [0.717, 1.165) is 22.3 Å². The molecule has 0 amide bonds. The largest absolute Gasteiger partial charge is 0.309 e. The average Bonchev–Trinajstić information content (AvgIpc) is 3.62. The van der Waals surface area contributed by atoms with E-state index in [0.29, 0.717) is 0 Å². The predicted octanol–water partition coefficient (Wildman–Crippen LogP) is 10.6. The molecule has 0 unspecified atom stereocenters. The topological polar surface area (TPSA) is 22.8 Å². The Labute approximate surface area is 254 Å². The summed E-state index contributed by atoms with van der Waals surface area (Å²) in [5, 5.41) is 4.87. The molecule has 0 aliphatic rings. The summed E-state index contributed by atoms with van der Waals surface area (Å²) in [5.74, 6) is 0. The third-order valence-corrected chi connectivity index (χ3v) is 8.83. The van der Waals surface area contributed by atoms with E-state index in [-0.39, 0.29) is 0 Å². The van der Waals surface area contributed by atoms with Crippen LogP contribution in [0.15, 0.2) is 164 Å². The van der Waals surface area contributed by atoms with E-state index in [1.807, 2.05) is 12.4 Å². The summed E-state index contributed by atoms with van der Waals surface area (Å²) in [6.45, 7) is 0. The van der Waals surface area contributed by atoms with E-state index < -0.39 is 0 Å². The summed E-state index contributed by atoms with van der Waals surface area (Å²) in [6, 6.07) is 54.4. The number of rotatable bonds is 4. The van der Waals surface area contributed by atoms with Gasteiger partial charge in [0, 0.05) is 45.3 Å². The minimum absolute atomic E-state index is 1.14. The van der Waals surface area contributed by atoms with Crippen LogP contribution in [0.1, 0.15) is 0 Å². The molecule has 3 heteroatoms. The minimum Gasteiger partial charge on any atom is -0.309 e. The molecule has 0 saturated carbocycles. The predicted molar refractivity (Wildman–Crippen MR) is 184 cm³/mol. The lowest BCUT2D eigenvalue weighted by atomic mass is 9.95. The van der Waals surface area contributed by atoms with Crippen LogP contribution < -0.4 is 0 Å². The molecule has 44 heavy (non-hydrogen) atoms. The molecule has 0 bridgehead atoms. The number of benzene rings is 6. The molecule has 0 atom stereocenters. The fourth-order valence-corrected chi connectivity index (χ4v) is 6.95. The van der Waals surface area contributed by atoms with E-state index in [2.05, 4.69) is 166 Å². The maximum absolute atomic E-state index is 4.57. The Morgan fingerprint density at radius 3 is 1.59 bits per heavy atom. The van der Waals surface area contributed by atoms with Gasteiger partial charge in [0.2, 0.25) is 0 Å². The van der Waals surface area contributed by atoms with Gasteiger partial charge in [-0.05, 0) is 70.8 Å². The molecule has 0 fully saturated rings. The van der Waals surface area contributed by atoms with Gasteiger partial charge in [-0.15, -0.1) is 0 Å². The standard InChI is InChI=1S/C41H27N3/c1-3-11-28(12-4-1)29-21-23-31(24-22-29)44-36-18-8-7-15-34(36)40-32(16-9-19-38(40)44)33-17-10-20-39-41(33)35-27-42-26-25-37(35)43(39)30-13-5-2-6-14-30/h1-27H. The Bertz CT molecular complexity index is 2470. The molecule has 3 nitrogen and oxygen atoms in total. The minimum atomic E-state index is 1.14. The van der Waals surface area contributed by atoms with Gasteiger partial charge in [0.1, 0.15) is 0 Å². The van der Waals surface area contributed by atoms with Crippen molar-refractivity contribution in [3.8, 4) is 33.6 Å². The van der Waals surface area contributed by atoms with Crippen molar-refractivity contribution in [2.24, 2.45) is 0 Å². The number of nitrogens with zero attached hydrogens (tertiary/aromatic N) is 3. The normalized spacial score (nSPS) is 11.6. The van der Waals surface area contributed by atoms with Crippen LogP contribution in [0.3, 0.4) is 0 Å². The van der Waals surface area contributed by atoms with E-state index in [1.54, 1.807) is 0 Å². The SMILES string of the molecule is c1ccc(-c2ccc(-n3c4ccccc4c4c(-c5cccc6c5c5cnccc5n6-c5ccccc5)cccc43)cc2)cc1. The van der Waals surface area contributed by atoms with Crippen molar-refractivity contribution < 1.29 is 0 Å². The lowest BCUT2D eigenvalue weighted by molar-refractivity contribution is 1.17. The van der Waals surface area contributed by atoms with E-state index >= 15 is 0 Å². The van der Waals surface area contributed by atoms with Crippen molar-refractivity contribution in [2.75, 3.05) is 0 Å². The summed E-state index contributed by atoms with van der Waals surface area (Å²) in [5.41, 5.74) is 11.9. The van der Waals surface area contributed by atoms with Crippen molar-refractivity contribution in [3.05, 3.63) is 164 Å². The fraction of sp³-hybridized carbons (Fsp3) is 0. The van der Waals surface area contributed by atoms with Crippen molar-refractivity contribution in [3.63, 3.8) is 0 Å². The van der Waals surface area contributed by atoms with Crippen LogP contribution >= 0.6 is 0 Å². The molecule has 0 aliphatic carbocycles. The Morgan fingerprint density at radius 1 is 0.364 bits per heavy atom. The second kappa shape index (κ2) is 9.82. The summed E-state index contributed by atoms with van der Waals surface area (Å²) in [4.78, 5) is 4.57. The Hall–Kier alpha value is -5.93. The highest BCUT2D eigenvalue weighted by molar-refractivity contribution is 6.22. The number of para-hydroxylation sites is 2. The molecule has 3 aromatic heterocycles. The lowest BCUT2D eigenvalue weighted by Crippen LogP contribution is -1.94. The summed E-state index contributed by atoms with van der Waals surface area (Å²) in [7, 11) is 0. The van der Waals surface area contributed by atoms with Crippen molar-refractivity contribution in [2.45, 2.75) is 0 Å². The maximum atomic E-state index is 4.57. The number of hydrogen-bond acceptors (Lipinski definition) is 1. The smallest absolute Gasteiger partial charge is 0.0572 e. The van der Waals surface area contributed by atoms with Gasteiger partial charge in [-0.1, -0.05) is 103 Å².